The maximum atomic E-state index is 12.6. The number of likely N-dealkylation sites (N-methyl/N-ethyl adjacent to an activating group) is 1. The van der Waals surface area contributed by atoms with Gasteiger partial charge in [0.15, 0.2) is 0 Å². The summed E-state index contributed by atoms with van der Waals surface area (Å²) in [5.74, 6) is -0.506. The van der Waals surface area contributed by atoms with Crippen LogP contribution in [-0.4, -0.2) is 96.1 Å². The molecule has 0 atom stereocenters. The van der Waals surface area contributed by atoms with Gasteiger partial charge in [-0.25, -0.2) is 0 Å². The van der Waals surface area contributed by atoms with Crippen molar-refractivity contribution in [3.8, 4) is 0 Å². The summed E-state index contributed by atoms with van der Waals surface area (Å²) in [5, 5.41) is 0.853. The first kappa shape index (κ1) is 24.1. The summed E-state index contributed by atoms with van der Waals surface area (Å²) in [6, 6.07) is 5.10. The highest BCUT2D eigenvalue weighted by atomic mass is 35.5. The molecule has 0 unspecified atom stereocenters. The molecule has 2 aliphatic rings. The number of rotatable bonds is 5. The van der Waals surface area contributed by atoms with E-state index >= 15 is 0 Å². The Bertz CT molecular complexity index is 937. The quantitative estimate of drug-likeness (QED) is 0.601. The van der Waals surface area contributed by atoms with Crippen LogP contribution in [0.5, 0.6) is 0 Å². The topological polar surface area (TPSA) is 81.2 Å². The Labute approximate surface area is 197 Å². The summed E-state index contributed by atoms with van der Waals surface area (Å²) in [5.41, 5.74) is 0.751. The summed E-state index contributed by atoms with van der Waals surface area (Å²) in [7, 11) is 1.72. The van der Waals surface area contributed by atoms with Crippen molar-refractivity contribution < 1.29 is 19.2 Å². The van der Waals surface area contributed by atoms with Crippen LogP contribution in [0.1, 0.15) is 18.4 Å². The highest BCUT2D eigenvalue weighted by molar-refractivity contribution is 6.42. The molecule has 1 aromatic carbocycles. The van der Waals surface area contributed by atoms with E-state index in [0.29, 0.717) is 42.8 Å². The lowest BCUT2D eigenvalue weighted by molar-refractivity contribution is -0.144. The van der Waals surface area contributed by atoms with Crippen molar-refractivity contribution in [2.24, 2.45) is 0 Å². The lowest BCUT2D eigenvalue weighted by Crippen LogP contribution is -2.51. The molecule has 0 aromatic heterocycles. The standard InChI is InChI=1S/C22H26Cl2N4O4/c1-25-10-11-28(15-22(25)32)21(31)7-9-27-13-12-26(8-6-20(27)30)19(29)5-3-16-2-4-17(23)18(24)14-16/h2-5,14H,6-13,15H2,1H3/b5-3+. The normalized spacial score (nSPS) is 17.8. The molecule has 32 heavy (non-hydrogen) atoms. The molecule has 0 bridgehead atoms. The first-order valence-corrected chi connectivity index (χ1v) is 11.2. The third-order valence-electron chi connectivity index (χ3n) is 5.67. The van der Waals surface area contributed by atoms with Crippen LogP contribution in [0.15, 0.2) is 24.3 Å². The van der Waals surface area contributed by atoms with Gasteiger partial charge < -0.3 is 19.6 Å². The van der Waals surface area contributed by atoms with E-state index in [4.69, 9.17) is 23.2 Å². The number of carbonyl (C=O) groups excluding carboxylic acids is 4. The van der Waals surface area contributed by atoms with Gasteiger partial charge in [-0.3, -0.25) is 19.2 Å². The lowest BCUT2D eigenvalue weighted by atomic mass is 10.2. The van der Waals surface area contributed by atoms with E-state index < -0.39 is 0 Å². The summed E-state index contributed by atoms with van der Waals surface area (Å²) in [6.07, 6.45) is 3.47. The SMILES string of the molecule is CN1CCN(C(=O)CCN2CCN(C(=O)/C=C/c3ccc(Cl)c(Cl)c3)CCC2=O)CC1=O. The van der Waals surface area contributed by atoms with E-state index in [1.165, 1.54) is 11.0 Å². The van der Waals surface area contributed by atoms with Crippen LogP contribution in [0.3, 0.4) is 0 Å². The predicted octanol–water partition coefficient (Wildman–Crippen LogP) is 1.76. The molecule has 0 saturated carbocycles. The van der Waals surface area contributed by atoms with Gasteiger partial charge in [0, 0.05) is 65.2 Å². The van der Waals surface area contributed by atoms with Gasteiger partial charge in [0.25, 0.3) is 0 Å². The molecule has 2 aliphatic heterocycles. The van der Waals surface area contributed by atoms with Gasteiger partial charge >= 0.3 is 0 Å². The monoisotopic (exact) mass is 480 g/mol. The number of hydrogen-bond donors (Lipinski definition) is 0. The van der Waals surface area contributed by atoms with Gasteiger partial charge in [-0.05, 0) is 23.8 Å². The van der Waals surface area contributed by atoms with E-state index in [1.807, 2.05) is 0 Å². The van der Waals surface area contributed by atoms with Crippen LogP contribution >= 0.6 is 23.2 Å². The Kier molecular flexibility index (Phi) is 8.15. The maximum absolute atomic E-state index is 12.6. The molecule has 0 aliphatic carbocycles. The summed E-state index contributed by atoms with van der Waals surface area (Å²) >= 11 is 11.9. The van der Waals surface area contributed by atoms with Crippen molar-refractivity contribution in [3.63, 3.8) is 0 Å². The van der Waals surface area contributed by atoms with Crippen molar-refractivity contribution in [1.29, 1.82) is 0 Å². The zero-order valence-corrected chi connectivity index (χ0v) is 19.4. The van der Waals surface area contributed by atoms with Crippen LogP contribution in [0.2, 0.25) is 10.0 Å². The molecule has 2 heterocycles. The van der Waals surface area contributed by atoms with Crippen molar-refractivity contribution in [1.82, 2.24) is 19.6 Å². The molecule has 172 valence electrons. The number of benzene rings is 1. The number of hydrogen-bond acceptors (Lipinski definition) is 4. The molecular formula is C22H26Cl2N4O4. The van der Waals surface area contributed by atoms with Crippen LogP contribution in [-0.2, 0) is 19.2 Å². The lowest BCUT2D eigenvalue weighted by Gasteiger charge is -2.32. The number of carbonyl (C=O) groups is 4. The largest absolute Gasteiger partial charge is 0.342 e. The molecular weight excluding hydrogens is 455 g/mol. The second-order valence-corrected chi connectivity index (χ2v) is 8.66. The molecule has 10 heteroatoms. The van der Waals surface area contributed by atoms with E-state index in [2.05, 4.69) is 0 Å². The molecule has 0 spiro atoms. The zero-order chi connectivity index (χ0) is 23.3. The Morgan fingerprint density at radius 1 is 0.969 bits per heavy atom. The minimum Gasteiger partial charge on any atom is -0.342 e. The van der Waals surface area contributed by atoms with E-state index in [9.17, 15) is 19.2 Å². The van der Waals surface area contributed by atoms with Gasteiger partial charge in [-0.1, -0.05) is 29.3 Å². The smallest absolute Gasteiger partial charge is 0.246 e. The fourth-order valence-corrected chi connectivity index (χ4v) is 3.88. The highest BCUT2D eigenvalue weighted by Gasteiger charge is 2.27. The molecule has 0 N–H and O–H groups in total. The minimum atomic E-state index is -0.197. The Morgan fingerprint density at radius 3 is 2.44 bits per heavy atom. The summed E-state index contributed by atoms with van der Waals surface area (Å²) < 4.78 is 0. The average Bonchev–Trinajstić information content (AvgIpc) is 2.96. The summed E-state index contributed by atoms with van der Waals surface area (Å²) in [6.45, 7) is 2.44. The van der Waals surface area contributed by atoms with Gasteiger partial charge in [0.05, 0.1) is 16.6 Å². The molecule has 3 rings (SSSR count). The predicted molar refractivity (Wildman–Crippen MR) is 122 cm³/mol. The van der Waals surface area contributed by atoms with Crippen LogP contribution < -0.4 is 0 Å². The van der Waals surface area contributed by atoms with E-state index in [1.54, 1.807) is 46.0 Å². The molecule has 4 amide bonds. The number of piperazine rings is 1. The Balaban J connectivity index is 1.50. The van der Waals surface area contributed by atoms with Crippen molar-refractivity contribution in [3.05, 3.63) is 39.9 Å². The molecule has 0 radical (unpaired) electrons. The second-order valence-electron chi connectivity index (χ2n) is 7.84. The van der Waals surface area contributed by atoms with Crippen LogP contribution in [0.4, 0.5) is 0 Å². The van der Waals surface area contributed by atoms with Crippen molar-refractivity contribution in [2.75, 3.05) is 52.9 Å². The van der Waals surface area contributed by atoms with Gasteiger partial charge in [0.2, 0.25) is 23.6 Å². The number of nitrogens with zero attached hydrogens (tertiary/aromatic N) is 4. The first-order valence-electron chi connectivity index (χ1n) is 10.5. The summed E-state index contributed by atoms with van der Waals surface area (Å²) in [4.78, 5) is 55.7. The maximum Gasteiger partial charge on any atom is 0.246 e. The van der Waals surface area contributed by atoms with E-state index in [0.717, 1.165) is 5.56 Å². The van der Waals surface area contributed by atoms with Gasteiger partial charge in [0.1, 0.15) is 0 Å². The first-order chi connectivity index (χ1) is 15.2. The van der Waals surface area contributed by atoms with Gasteiger partial charge in [-0.2, -0.15) is 0 Å². The molecule has 2 saturated heterocycles. The molecule has 2 fully saturated rings. The van der Waals surface area contributed by atoms with E-state index in [-0.39, 0.29) is 49.6 Å². The third-order valence-corrected chi connectivity index (χ3v) is 6.41. The second kappa shape index (κ2) is 10.8. The highest BCUT2D eigenvalue weighted by Crippen LogP contribution is 2.23. The van der Waals surface area contributed by atoms with Crippen molar-refractivity contribution in [2.45, 2.75) is 12.8 Å². The van der Waals surface area contributed by atoms with Crippen LogP contribution in [0.25, 0.3) is 6.08 Å². The fourth-order valence-electron chi connectivity index (χ4n) is 3.57. The Morgan fingerprint density at radius 2 is 1.72 bits per heavy atom. The number of amides is 4. The minimum absolute atomic E-state index is 0.0801. The molecule has 8 nitrogen and oxygen atoms in total. The molecule has 1 aromatic rings. The third kappa shape index (κ3) is 6.23. The number of halogens is 2. The fraction of sp³-hybridized carbons (Fsp3) is 0.455. The van der Waals surface area contributed by atoms with Gasteiger partial charge in [-0.15, -0.1) is 0 Å². The van der Waals surface area contributed by atoms with Crippen molar-refractivity contribution >= 4 is 52.9 Å². The Hall–Kier alpha value is -2.58. The zero-order valence-electron chi connectivity index (χ0n) is 17.9. The average molecular weight is 481 g/mol. The van der Waals surface area contributed by atoms with Crippen LogP contribution in [0, 0.1) is 0 Å².